The van der Waals surface area contributed by atoms with Gasteiger partial charge in [0.25, 0.3) is 0 Å². The standard InChI is InChI=1S/C19H17ClF3N5/c1-28-10-15(19(21,22)23)26-17(28)12-7-5-11(6-8-12)9-24-16-13-3-2-4-14(13)25-18(20)27-16/h5-8,10H,2-4,9H2,1H3,(H,24,25,27). The molecule has 0 amide bonds. The molecule has 0 saturated heterocycles. The molecule has 5 nitrogen and oxygen atoms in total. The van der Waals surface area contributed by atoms with E-state index in [0.29, 0.717) is 12.1 Å². The number of aromatic nitrogens is 4. The van der Waals surface area contributed by atoms with Crippen molar-refractivity contribution in [2.24, 2.45) is 7.05 Å². The smallest absolute Gasteiger partial charge is 0.366 e. The molecule has 2 heterocycles. The highest BCUT2D eigenvalue weighted by molar-refractivity contribution is 6.28. The van der Waals surface area contributed by atoms with E-state index >= 15 is 0 Å². The summed E-state index contributed by atoms with van der Waals surface area (Å²) >= 11 is 6.00. The molecule has 3 aromatic rings. The van der Waals surface area contributed by atoms with Gasteiger partial charge in [-0.3, -0.25) is 0 Å². The van der Waals surface area contributed by atoms with Gasteiger partial charge in [-0.15, -0.1) is 0 Å². The summed E-state index contributed by atoms with van der Waals surface area (Å²) in [6, 6.07) is 7.23. The van der Waals surface area contributed by atoms with Crippen molar-refractivity contribution in [1.82, 2.24) is 19.5 Å². The van der Waals surface area contributed by atoms with Crippen LogP contribution < -0.4 is 5.32 Å². The van der Waals surface area contributed by atoms with Gasteiger partial charge in [-0.25, -0.2) is 15.0 Å². The Hall–Kier alpha value is -2.61. The van der Waals surface area contributed by atoms with E-state index in [4.69, 9.17) is 11.6 Å². The van der Waals surface area contributed by atoms with Crippen molar-refractivity contribution in [2.45, 2.75) is 32.0 Å². The fourth-order valence-corrected chi connectivity index (χ4v) is 3.56. The maximum absolute atomic E-state index is 12.8. The first-order valence-electron chi connectivity index (χ1n) is 8.80. The molecule has 1 aliphatic carbocycles. The van der Waals surface area contributed by atoms with Crippen molar-refractivity contribution in [3.05, 3.63) is 58.3 Å². The summed E-state index contributed by atoms with van der Waals surface area (Å²) in [6.07, 6.45) is -0.598. The van der Waals surface area contributed by atoms with Gasteiger partial charge in [0.15, 0.2) is 5.69 Å². The lowest BCUT2D eigenvalue weighted by molar-refractivity contribution is -0.140. The molecule has 9 heteroatoms. The lowest BCUT2D eigenvalue weighted by atomic mass is 10.1. The zero-order chi connectivity index (χ0) is 19.9. The average Bonchev–Trinajstić information content (AvgIpc) is 3.26. The molecule has 0 unspecified atom stereocenters. The van der Waals surface area contributed by atoms with Gasteiger partial charge >= 0.3 is 6.18 Å². The van der Waals surface area contributed by atoms with Crippen LogP contribution in [0.3, 0.4) is 0 Å². The quantitative estimate of drug-likeness (QED) is 0.639. The van der Waals surface area contributed by atoms with Crippen LogP contribution in [-0.2, 0) is 32.6 Å². The van der Waals surface area contributed by atoms with Crippen molar-refractivity contribution in [1.29, 1.82) is 0 Å². The summed E-state index contributed by atoms with van der Waals surface area (Å²) in [5.41, 5.74) is 2.79. The number of hydrogen-bond acceptors (Lipinski definition) is 4. The van der Waals surface area contributed by atoms with Crippen molar-refractivity contribution >= 4 is 17.4 Å². The zero-order valence-electron chi connectivity index (χ0n) is 15.0. The van der Waals surface area contributed by atoms with Gasteiger partial charge in [0, 0.05) is 30.9 Å². The van der Waals surface area contributed by atoms with Crippen LogP contribution in [0.15, 0.2) is 30.5 Å². The first-order chi connectivity index (χ1) is 13.3. The van der Waals surface area contributed by atoms with Crippen LogP contribution in [0.4, 0.5) is 19.0 Å². The summed E-state index contributed by atoms with van der Waals surface area (Å²) in [7, 11) is 1.55. The number of nitrogens with zero attached hydrogens (tertiary/aromatic N) is 4. The van der Waals surface area contributed by atoms with Gasteiger partial charge in [0.1, 0.15) is 11.6 Å². The van der Waals surface area contributed by atoms with Crippen LogP contribution in [0.5, 0.6) is 0 Å². The third kappa shape index (κ3) is 3.69. The van der Waals surface area contributed by atoms with Crippen LogP contribution in [0.1, 0.15) is 28.9 Å². The predicted octanol–water partition coefficient (Wildman–Crippen LogP) is 4.65. The minimum Gasteiger partial charge on any atom is -0.366 e. The normalized spacial score (nSPS) is 13.6. The van der Waals surface area contributed by atoms with Crippen LogP contribution in [0.2, 0.25) is 5.28 Å². The van der Waals surface area contributed by atoms with Gasteiger partial charge in [0.05, 0.1) is 5.69 Å². The first kappa shape index (κ1) is 18.7. The number of halogens is 4. The van der Waals surface area contributed by atoms with Crippen LogP contribution >= 0.6 is 11.6 Å². The Morgan fingerprint density at radius 1 is 1.11 bits per heavy atom. The van der Waals surface area contributed by atoms with E-state index in [1.54, 1.807) is 19.2 Å². The first-order valence-corrected chi connectivity index (χ1v) is 9.18. The maximum Gasteiger partial charge on any atom is 0.434 e. The van der Waals surface area contributed by atoms with Crippen LogP contribution in [-0.4, -0.2) is 19.5 Å². The highest BCUT2D eigenvalue weighted by Crippen LogP contribution is 2.31. The molecule has 4 rings (SSSR count). The van der Waals surface area contributed by atoms with E-state index in [1.807, 2.05) is 12.1 Å². The van der Waals surface area contributed by atoms with E-state index in [2.05, 4.69) is 20.3 Å². The molecule has 0 fully saturated rings. The summed E-state index contributed by atoms with van der Waals surface area (Å²) in [5.74, 6) is 1.02. The highest BCUT2D eigenvalue weighted by Gasteiger charge is 2.34. The van der Waals surface area contributed by atoms with E-state index < -0.39 is 11.9 Å². The SMILES string of the molecule is Cn1cc(C(F)(F)F)nc1-c1ccc(CNc2nc(Cl)nc3c2CCC3)cc1. The van der Waals surface area contributed by atoms with Gasteiger partial charge in [-0.1, -0.05) is 24.3 Å². The molecule has 28 heavy (non-hydrogen) atoms. The second-order valence-electron chi connectivity index (χ2n) is 6.73. The van der Waals surface area contributed by atoms with E-state index in [-0.39, 0.29) is 11.1 Å². The van der Waals surface area contributed by atoms with Crippen LogP contribution in [0.25, 0.3) is 11.4 Å². The predicted molar refractivity (Wildman–Crippen MR) is 100 cm³/mol. The third-order valence-corrected chi connectivity index (χ3v) is 4.91. The van der Waals surface area contributed by atoms with Crippen molar-refractivity contribution < 1.29 is 13.2 Å². The Kier molecular flexibility index (Phi) is 4.74. The molecule has 1 N–H and O–H groups in total. The van der Waals surface area contributed by atoms with Gasteiger partial charge in [-0.2, -0.15) is 13.2 Å². The summed E-state index contributed by atoms with van der Waals surface area (Å²) in [5, 5.41) is 3.52. The maximum atomic E-state index is 12.8. The molecule has 0 radical (unpaired) electrons. The molecule has 0 aliphatic heterocycles. The second-order valence-corrected chi connectivity index (χ2v) is 7.07. The molecule has 0 atom stereocenters. The molecule has 146 valence electrons. The van der Waals surface area contributed by atoms with Gasteiger partial charge < -0.3 is 9.88 Å². The molecule has 0 bridgehead atoms. The fraction of sp³-hybridized carbons (Fsp3) is 0.316. The number of nitrogens with one attached hydrogen (secondary N) is 1. The molecule has 0 spiro atoms. The lowest BCUT2D eigenvalue weighted by Crippen LogP contribution is -2.06. The average molecular weight is 408 g/mol. The molecular weight excluding hydrogens is 391 g/mol. The number of aryl methyl sites for hydroxylation is 2. The lowest BCUT2D eigenvalue weighted by Gasteiger charge is -2.11. The summed E-state index contributed by atoms with van der Waals surface area (Å²) < 4.78 is 39.9. The topological polar surface area (TPSA) is 55.6 Å². The Balaban J connectivity index is 1.50. The van der Waals surface area contributed by atoms with Crippen molar-refractivity contribution in [2.75, 3.05) is 5.32 Å². The monoisotopic (exact) mass is 407 g/mol. The fourth-order valence-electron chi connectivity index (χ4n) is 3.38. The highest BCUT2D eigenvalue weighted by atomic mass is 35.5. The number of imidazole rings is 1. The number of hydrogen-bond donors (Lipinski definition) is 1. The molecular formula is C19H17ClF3N5. The molecule has 0 saturated carbocycles. The number of anilines is 1. The number of benzene rings is 1. The third-order valence-electron chi connectivity index (χ3n) is 4.74. The Morgan fingerprint density at radius 3 is 2.54 bits per heavy atom. The van der Waals surface area contributed by atoms with Gasteiger partial charge in [0.2, 0.25) is 5.28 Å². The number of fused-ring (bicyclic) bond motifs is 1. The molecule has 1 aromatic carbocycles. The Bertz CT molecular complexity index is 1010. The number of alkyl halides is 3. The Morgan fingerprint density at radius 2 is 1.86 bits per heavy atom. The van der Waals surface area contributed by atoms with Crippen molar-refractivity contribution in [3.8, 4) is 11.4 Å². The second kappa shape index (κ2) is 7.09. The minimum atomic E-state index is -4.46. The Labute approximate surface area is 164 Å². The summed E-state index contributed by atoms with van der Waals surface area (Å²) in [6.45, 7) is 0.522. The molecule has 2 aromatic heterocycles. The van der Waals surface area contributed by atoms with E-state index in [1.165, 1.54) is 4.57 Å². The van der Waals surface area contributed by atoms with Gasteiger partial charge in [-0.05, 0) is 36.4 Å². The van der Waals surface area contributed by atoms with Crippen LogP contribution in [0, 0.1) is 0 Å². The van der Waals surface area contributed by atoms with E-state index in [0.717, 1.165) is 48.1 Å². The minimum absolute atomic E-state index is 0.230. The zero-order valence-corrected chi connectivity index (χ0v) is 15.8. The largest absolute Gasteiger partial charge is 0.434 e. The summed E-state index contributed by atoms with van der Waals surface area (Å²) in [4.78, 5) is 12.3. The molecule has 1 aliphatic rings. The van der Waals surface area contributed by atoms with Crippen molar-refractivity contribution in [3.63, 3.8) is 0 Å². The number of rotatable bonds is 4. The van der Waals surface area contributed by atoms with E-state index in [9.17, 15) is 13.2 Å².